The van der Waals surface area contributed by atoms with Crippen LogP contribution < -0.4 is 5.73 Å². The van der Waals surface area contributed by atoms with E-state index in [0.717, 1.165) is 5.56 Å². The zero-order chi connectivity index (χ0) is 11.4. The smallest absolute Gasteiger partial charge is 0.102 e. The minimum absolute atomic E-state index is 0.333. The molecule has 1 aromatic rings. The molecule has 0 radical (unpaired) electrons. The lowest BCUT2D eigenvalue weighted by Crippen LogP contribution is -1.97. The number of nitrogens with zero attached hydrogens (tertiary/aromatic N) is 2. The standard InChI is InChI=1S/C11H9N3S/c1-3-15-11-9(6-13)8(5-12)7(2)4-10(11)14/h3-4H,1,14H2,2H3. The summed E-state index contributed by atoms with van der Waals surface area (Å²) in [6.07, 6.45) is 0. The molecule has 0 unspecified atom stereocenters. The second-order valence-corrected chi connectivity index (χ2v) is 3.85. The van der Waals surface area contributed by atoms with Crippen molar-refractivity contribution in [3.8, 4) is 12.1 Å². The van der Waals surface area contributed by atoms with E-state index < -0.39 is 0 Å². The van der Waals surface area contributed by atoms with E-state index in [2.05, 4.69) is 6.58 Å². The van der Waals surface area contributed by atoms with Crippen LogP contribution >= 0.6 is 11.8 Å². The largest absolute Gasteiger partial charge is 0.398 e. The Labute approximate surface area is 92.8 Å². The van der Waals surface area contributed by atoms with Crippen molar-refractivity contribution < 1.29 is 0 Å². The van der Waals surface area contributed by atoms with E-state index in [1.807, 2.05) is 12.1 Å². The van der Waals surface area contributed by atoms with E-state index in [0.29, 0.717) is 21.7 Å². The molecule has 0 saturated carbocycles. The molecular weight excluding hydrogens is 206 g/mol. The summed E-state index contributed by atoms with van der Waals surface area (Å²) in [6.45, 7) is 5.33. The first kappa shape index (κ1) is 11.2. The van der Waals surface area contributed by atoms with Crippen LogP contribution in [0.15, 0.2) is 22.9 Å². The fraction of sp³-hybridized carbons (Fsp3) is 0.0909. The van der Waals surface area contributed by atoms with Crippen LogP contribution in [0.2, 0.25) is 0 Å². The predicted molar refractivity (Wildman–Crippen MR) is 61.1 cm³/mol. The molecule has 0 heterocycles. The van der Waals surface area contributed by atoms with Gasteiger partial charge in [-0.2, -0.15) is 10.5 Å². The van der Waals surface area contributed by atoms with Gasteiger partial charge < -0.3 is 5.73 Å². The molecule has 0 aliphatic carbocycles. The fourth-order valence-corrected chi connectivity index (χ4v) is 1.91. The fourth-order valence-electron chi connectivity index (χ4n) is 1.29. The highest BCUT2D eigenvalue weighted by atomic mass is 32.2. The van der Waals surface area contributed by atoms with Gasteiger partial charge in [-0.1, -0.05) is 18.3 Å². The molecule has 0 fully saturated rings. The Bertz CT molecular complexity index is 492. The minimum atomic E-state index is 0.333. The van der Waals surface area contributed by atoms with Gasteiger partial charge in [-0.25, -0.2) is 0 Å². The van der Waals surface area contributed by atoms with Gasteiger partial charge in [0.25, 0.3) is 0 Å². The van der Waals surface area contributed by atoms with Gasteiger partial charge in [0, 0.05) is 5.69 Å². The van der Waals surface area contributed by atoms with Crippen LogP contribution in [0.3, 0.4) is 0 Å². The summed E-state index contributed by atoms with van der Waals surface area (Å²) in [5.41, 5.74) is 7.73. The first-order chi connectivity index (χ1) is 7.15. The summed E-state index contributed by atoms with van der Waals surface area (Å²) in [5.74, 6) is 0. The molecule has 4 heteroatoms. The molecule has 0 saturated heterocycles. The summed E-state index contributed by atoms with van der Waals surface area (Å²) in [4.78, 5) is 0.606. The van der Waals surface area contributed by atoms with Crippen LogP contribution in [0, 0.1) is 29.6 Å². The van der Waals surface area contributed by atoms with E-state index in [9.17, 15) is 0 Å². The maximum atomic E-state index is 9.00. The first-order valence-electron chi connectivity index (χ1n) is 4.16. The summed E-state index contributed by atoms with van der Waals surface area (Å²) < 4.78 is 0. The van der Waals surface area contributed by atoms with Crippen LogP contribution in [0.4, 0.5) is 5.69 Å². The lowest BCUT2D eigenvalue weighted by molar-refractivity contribution is 1.29. The SMILES string of the molecule is C=CSc1c(N)cc(C)c(C#N)c1C#N. The Kier molecular flexibility index (Phi) is 3.38. The van der Waals surface area contributed by atoms with E-state index >= 15 is 0 Å². The van der Waals surface area contributed by atoms with Crippen LogP contribution in [-0.2, 0) is 0 Å². The van der Waals surface area contributed by atoms with Gasteiger partial charge in [-0.15, -0.1) is 0 Å². The number of anilines is 1. The third kappa shape index (κ3) is 1.96. The second-order valence-electron chi connectivity index (χ2n) is 2.87. The zero-order valence-electron chi connectivity index (χ0n) is 8.24. The Morgan fingerprint density at radius 1 is 1.40 bits per heavy atom. The molecule has 74 valence electrons. The summed E-state index contributed by atoms with van der Waals surface area (Å²) in [7, 11) is 0. The molecule has 0 aliphatic rings. The Morgan fingerprint density at radius 2 is 2.00 bits per heavy atom. The van der Waals surface area contributed by atoms with Gasteiger partial charge >= 0.3 is 0 Å². The third-order valence-corrected chi connectivity index (χ3v) is 2.77. The molecule has 3 nitrogen and oxygen atoms in total. The molecule has 0 bridgehead atoms. The van der Waals surface area contributed by atoms with Crippen molar-refractivity contribution in [2.24, 2.45) is 0 Å². The monoisotopic (exact) mass is 215 g/mol. The van der Waals surface area contributed by atoms with Crippen LogP contribution in [0.5, 0.6) is 0 Å². The van der Waals surface area contributed by atoms with Crippen molar-refractivity contribution in [2.75, 3.05) is 5.73 Å². The average Bonchev–Trinajstić information content (AvgIpc) is 2.21. The number of nitrogen functional groups attached to an aromatic ring is 1. The van der Waals surface area contributed by atoms with Crippen molar-refractivity contribution in [3.05, 3.63) is 34.7 Å². The molecule has 0 atom stereocenters. The zero-order valence-corrected chi connectivity index (χ0v) is 9.06. The third-order valence-electron chi connectivity index (χ3n) is 1.93. The number of benzene rings is 1. The van der Waals surface area contributed by atoms with Gasteiger partial charge in [0.05, 0.1) is 16.0 Å². The van der Waals surface area contributed by atoms with Crippen LogP contribution in [0.1, 0.15) is 16.7 Å². The highest BCUT2D eigenvalue weighted by Gasteiger charge is 2.14. The number of rotatable bonds is 2. The number of hydrogen-bond donors (Lipinski definition) is 1. The molecule has 15 heavy (non-hydrogen) atoms. The molecule has 0 aromatic heterocycles. The number of nitriles is 2. The summed E-state index contributed by atoms with van der Waals surface area (Å²) in [6, 6.07) is 5.73. The molecular formula is C11H9N3S. The molecule has 0 spiro atoms. The highest BCUT2D eigenvalue weighted by molar-refractivity contribution is 8.02. The van der Waals surface area contributed by atoms with E-state index in [4.69, 9.17) is 16.3 Å². The number of hydrogen-bond acceptors (Lipinski definition) is 4. The van der Waals surface area contributed by atoms with E-state index in [-0.39, 0.29) is 0 Å². The summed E-state index contributed by atoms with van der Waals surface area (Å²) in [5, 5.41) is 19.5. The molecule has 2 N–H and O–H groups in total. The molecule has 0 amide bonds. The number of aryl methyl sites for hydroxylation is 1. The Hall–Kier alpha value is -1.91. The normalized spacial score (nSPS) is 9.00. The Balaban J connectivity index is 3.60. The minimum Gasteiger partial charge on any atom is -0.398 e. The van der Waals surface area contributed by atoms with Gasteiger partial charge in [0.2, 0.25) is 0 Å². The topological polar surface area (TPSA) is 73.6 Å². The maximum absolute atomic E-state index is 9.00. The van der Waals surface area contributed by atoms with Crippen molar-refractivity contribution in [2.45, 2.75) is 11.8 Å². The average molecular weight is 215 g/mol. The van der Waals surface area contributed by atoms with Crippen LogP contribution in [0.25, 0.3) is 0 Å². The van der Waals surface area contributed by atoms with Crippen molar-refractivity contribution >= 4 is 17.4 Å². The van der Waals surface area contributed by atoms with Gasteiger partial charge in [-0.3, -0.25) is 0 Å². The molecule has 1 rings (SSSR count). The first-order valence-corrected chi connectivity index (χ1v) is 5.04. The lowest BCUT2D eigenvalue weighted by atomic mass is 10.0. The van der Waals surface area contributed by atoms with E-state index in [1.165, 1.54) is 11.8 Å². The number of thioether (sulfide) groups is 1. The summed E-state index contributed by atoms with van der Waals surface area (Å²) >= 11 is 1.26. The lowest BCUT2D eigenvalue weighted by Gasteiger charge is -2.08. The predicted octanol–water partition coefficient (Wildman–Crippen LogP) is 2.56. The van der Waals surface area contributed by atoms with Gasteiger partial charge in [-0.05, 0) is 24.0 Å². The molecule has 0 aliphatic heterocycles. The number of nitrogens with two attached hydrogens (primary N) is 1. The quantitative estimate of drug-likeness (QED) is 0.607. The van der Waals surface area contributed by atoms with Crippen molar-refractivity contribution in [1.29, 1.82) is 10.5 Å². The molecule has 1 aromatic carbocycles. The van der Waals surface area contributed by atoms with Crippen molar-refractivity contribution in [1.82, 2.24) is 0 Å². The van der Waals surface area contributed by atoms with Crippen molar-refractivity contribution in [3.63, 3.8) is 0 Å². The van der Waals surface area contributed by atoms with Gasteiger partial charge in [0.1, 0.15) is 12.1 Å². The van der Waals surface area contributed by atoms with Gasteiger partial charge in [0.15, 0.2) is 0 Å². The maximum Gasteiger partial charge on any atom is 0.102 e. The van der Waals surface area contributed by atoms with E-state index in [1.54, 1.807) is 18.4 Å². The second kappa shape index (κ2) is 4.54. The van der Waals surface area contributed by atoms with Crippen LogP contribution in [-0.4, -0.2) is 0 Å². The highest BCUT2D eigenvalue weighted by Crippen LogP contribution is 2.33. The Morgan fingerprint density at radius 3 is 2.47 bits per heavy atom.